The van der Waals surface area contributed by atoms with E-state index in [1.807, 2.05) is 19.4 Å². The highest BCUT2D eigenvalue weighted by Crippen LogP contribution is 2.22. The van der Waals surface area contributed by atoms with Gasteiger partial charge in [0.05, 0.1) is 17.4 Å². The van der Waals surface area contributed by atoms with Crippen LogP contribution in [0, 0.1) is 5.41 Å². The van der Waals surface area contributed by atoms with E-state index in [1.54, 1.807) is 0 Å². The summed E-state index contributed by atoms with van der Waals surface area (Å²) in [5.41, 5.74) is 2.51. The molecule has 1 unspecified atom stereocenters. The Bertz CT molecular complexity index is 493. The minimum atomic E-state index is 0.236. The van der Waals surface area contributed by atoms with Crippen LogP contribution in [-0.2, 0) is 6.54 Å². The number of imidazole rings is 1. The number of fused-ring (bicyclic) bond motifs is 1. The molecular weight excluding hydrogens is 210 g/mol. The van der Waals surface area contributed by atoms with Crippen molar-refractivity contribution < 1.29 is 0 Å². The van der Waals surface area contributed by atoms with Gasteiger partial charge in [-0.05, 0) is 24.6 Å². The van der Waals surface area contributed by atoms with Crippen molar-refractivity contribution in [2.45, 2.75) is 33.4 Å². The van der Waals surface area contributed by atoms with Crippen LogP contribution in [0.25, 0.3) is 11.0 Å². The Morgan fingerprint density at radius 1 is 1.29 bits per heavy atom. The summed E-state index contributed by atoms with van der Waals surface area (Å²) in [4.78, 5) is 4.42. The zero-order valence-corrected chi connectivity index (χ0v) is 11.1. The normalized spacial score (nSPS) is 14.1. The fourth-order valence-corrected chi connectivity index (χ4v) is 2.15. The van der Waals surface area contributed by atoms with E-state index >= 15 is 0 Å². The van der Waals surface area contributed by atoms with Crippen LogP contribution in [0.1, 0.15) is 20.8 Å². The van der Waals surface area contributed by atoms with Crippen molar-refractivity contribution in [3.8, 4) is 0 Å². The average molecular weight is 231 g/mol. The predicted octanol–water partition coefficient (Wildman–Crippen LogP) is 2.67. The molecule has 2 aromatic rings. The molecule has 0 saturated heterocycles. The van der Waals surface area contributed by atoms with Crippen LogP contribution in [0.2, 0.25) is 0 Å². The first-order valence-electron chi connectivity index (χ1n) is 6.09. The summed E-state index contributed by atoms with van der Waals surface area (Å²) >= 11 is 0. The van der Waals surface area contributed by atoms with E-state index in [9.17, 15) is 0 Å². The summed E-state index contributed by atoms with van der Waals surface area (Å²) in [6.07, 6.45) is 1.93. The standard InChI is InChI=1S/C14H21N3/c1-14(2,3)13(15-4)9-17-10-16-11-7-5-6-8-12(11)17/h5-8,10,13,15H,9H2,1-4H3. The topological polar surface area (TPSA) is 29.9 Å². The Morgan fingerprint density at radius 3 is 2.65 bits per heavy atom. The summed E-state index contributed by atoms with van der Waals surface area (Å²) in [5.74, 6) is 0. The van der Waals surface area contributed by atoms with Crippen LogP contribution >= 0.6 is 0 Å². The molecule has 0 radical (unpaired) electrons. The maximum atomic E-state index is 4.42. The fourth-order valence-electron chi connectivity index (χ4n) is 2.15. The van der Waals surface area contributed by atoms with Gasteiger partial charge in [-0.25, -0.2) is 4.98 Å². The lowest BCUT2D eigenvalue weighted by Crippen LogP contribution is -2.41. The average Bonchev–Trinajstić information content (AvgIpc) is 2.67. The van der Waals surface area contributed by atoms with Crippen LogP contribution in [0.3, 0.4) is 0 Å². The first kappa shape index (κ1) is 12.1. The van der Waals surface area contributed by atoms with Gasteiger partial charge >= 0.3 is 0 Å². The van der Waals surface area contributed by atoms with Crippen molar-refractivity contribution in [1.82, 2.24) is 14.9 Å². The maximum absolute atomic E-state index is 4.42. The highest BCUT2D eigenvalue weighted by atomic mass is 15.1. The van der Waals surface area contributed by atoms with Crippen LogP contribution in [0.5, 0.6) is 0 Å². The molecule has 1 aromatic heterocycles. The largest absolute Gasteiger partial charge is 0.329 e. The van der Waals surface area contributed by atoms with Crippen molar-refractivity contribution in [1.29, 1.82) is 0 Å². The van der Waals surface area contributed by atoms with E-state index in [0.29, 0.717) is 6.04 Å². The van der Waals surface area contributed by atoms with E-state index in [-0.39, 0.29) is 5.41 Å². The third-order valence-electron chi connectivity index (χ3n) is 3.30. The molecule has 1 N–H and O–H groups in total. The van der Waals surface area contributed by atoms with Crippen molar-refractivity contribution in [3.63, 3.8) is 0 Å². The second-order valence-corrected chi connectivity index (χ2v) is 5.59. The molecule has 3 nitrogen and oxygen atoms in total. The third kappa shape index (κ3) is 2.50. The van der Waals surface area contributed by atoms with E-state index in [1.165, 1.54) is 5.52 Å². The Labute approximate surface area is 103 Å². The second kappa shape index (κ2) is 4.49. The highest BCUT2D eigenvalue weighted by molar-refractivity contribution is 5.74. The molecule has 0 aliphatic carbocycles. The molecule has 1 aromatic carbocycles. The fraction of sp³-hybridized carbons (Fsp3) is 0.500. The summed E-state index contributed by atoms with van der Waals surface area (Å²) in [6, 6.07) is 8.69. The molecule has 0 bridgehead atoms. The Morgan fingerprint density at radius 2 is 2.00 bits per heavy atom. The molecule has 0 saturated carbocycles. The number of aromatic nitrogens is 2. The molecule has 92 valence electrons. The van der Waals surface area contributed by atoms with Crippen LogP contribution < -0.4 is 5.32 Å². The first-order valence-corrected chi connectivity index (χ1v) is 6.09. The number of rotatable bonds is 3. The lowest BCUT2D eigenvalue weighted by Gasteiger charge is -2.30. The summed E-state index contributed by atoms with van der Waals surface area (Å²) < 4.78 is 2.22. The lowest BCUT2D eigenvalue weighted by atomic mass is 9.87. The molecule has 1 heterocycles. The van der Waals surface area contributed by atoms with Gasteiger partial charge in [-0.1, -0.05) is 32.9 Å². The van der Waals surface area contributed by atoms with Gasteiger partial charge in [-0.3, -0.25) is 0 Å². The summed E-state index contributed by atoms with van der Waals surface area (Å²) in [5, 5.41) is 3.40. The van der Waals surface area contributed by atoms with E-state index < -0.39 is 0 Å². The number of nitrogens with one attached hydrogen (secondary N) is 1. The molecule has 0 aliphatic rings. The lowest BCUT2D eigenvalue weighted by molar-refractivity contribution is 0.256. The molecule has 0 amide bonds. The van der Waals surface area contributed by atoms with E-state index in [4.69, 9.17) is 0 Å². The molecule has 17 heavy (non-hydrogen) atoms. The first-order chi connectivity index (χ1) is 8.02. The van der Waals surface area contributed by atoms with Crippen LogP contribution in [0.15, 0.2) is 30.6 Å². The van der Waals surface area contributed by atoms with Crippen molar-refractivity contribution in [3.05, 3.63) is 30.6 Å². The Kier molecular flexibility index (Phi) is 3.20. The summed E-state index contributed by atoms with van der Waals surface area (Å²) in [7, 11) is 2.02. The van der Waals surface area contributed by atoms with Crippen molar-refractivity contribution in [2.24, 2.45) is 5.41 Å². The number of nitrogens with zero attached hydrogens (tertiary/aromatic N) is 2. The number of benzene rings is 1. The van der Waals surface area contributed by atoms with Gasteiger partial charge in [-0.2, -0.15) is 0 Å². The zero-order valence-electron chi connectivity index (χ0n) is 11.1. The van der Waals surface area contributed by atoms with Crippen molar-refractivity contribution >= 4 is 11.0 Å². The molecule has 1 atom stereocenters. The van der Waals surface area contributed by atoms with Gasteiger partial charge < -0.3 is 9.88 Å². The third-order valence-corrected chi connectivity index (χ3v) is 3.30. The van der Waals surface area contributed by atoms with Gasteiger partial charge in [0.15, 0.2) is 0 Å². The van der Waals surface area contributed by atoms with Gasteiger partial charge in [0, 0.05) is 12.6 Å². The Balaban J connectivity index is 2.29. The maximum Gasteiger partial charge on any atom is 0.0958 e. The van der Waals surface area contributed by atoms with E-state index in [0.717, 1.165) is 12.1 Å². The molecule has 0 aliphatic heterocycles. The van der Waals surface area contributed by atoms with E-state index in [2.05, 4.69) is 53.8 Å². The van der Waals surface area contributed by atoms with Crippen LogP contribution in [0.4, 0.5) is 0 Å². The highest BCUT2D eigenvalue weighted by Gasteiger charge is 2.23. The molecule has 0 spiro atoms. The van der Waals surface area contributed by atoms with Crippen LogP contribution in [-0.4, -0.2) is 22.6 Å². The SMILES string of the molecule is CNC(Cn1cnc2ccccc21)C(C)(C)C. The summed E-state index contributed by atoms with van der Waals surface area (Å²) in [6.45, 7) is 7.72. The number of hydrogen-bond acceptors (Lipinski definition) is 2. The number of hydrogen-bond donors (Lipinski definition) is 1. The van der Waals surface area contributed by atoms with Crippen molar-refractivity contribution in [2.75, 3.05) is 7.05 Å². The molecular formula is C14H21N3. The molecule has 3 heteroatoms. The minimum absolute atomic E-state index is 0.236. The van der Waals surface area contributed by atoms with Gasteiger partial charge in [-0.15, -0.1) is 0 Å². The molecule has 2 rings (SSSR count). The Hall–Kier alpha value is -1.35. The number of para-hydroxylation sites is 2. The minimum Gasteiger partial charge on any atom is -0.329 e. The monoisotopic (exact) mass is 231 g/mol. The molecule has 0 fully saturated rings. The quantitative estimate of drug-likeness (QED) is 0.880. The van der Waals surface area contributed by atoms with Gasteiger partial charge in [0.25, 0.3) is 0 Å². The second-order valence-electron chi connectivity index (χ2n) is 5.59. The van der Waals surface area contributed by atoms with Gasteiger partial charge in [0.2, 0.25) is 0 Å². The zero-order chi connectivity index (χ0) is 12.5. The predicted molar refractivity (Wildman–Crippen MR) is 72.0 cm³/mol. The smallest absolute Gasteiger partial charge is 0.0958 e. The van der Waals surface area contributed by atoms with Gasteiger partial charge in [0.1, 0.15) is 0 Å². The number of likely N-dealkylation sites (N-methyl/N-ethyl adjacent to an activating group) is 1.